The Balaban J connectivity index is 2.00. The Labute approximate surface area is 104 Å². The molecule has 2 rings (SSSR count). The average Bonchev–Trinajstić information content (AvgIpc) is 2.37. The Morgan fingerprint density at radius 1 is 1.39 bits per heavy atom. The van der Waals surface area contributed by atoms with Crippen molar-refractivity contribution in [3.05, 3.63) is 24.3 Å². The minimum absolute atomic E-state index is 0.0647. The molecule has 1 aliphatic heterocycles. The summed E-state index contributed by atoms with van der Waals surface area (Å²) >= 11 is 0. The van der Waals surface area contributed by atoms with Gasteiger partial charge in [0.1, 0.15) is 12.6 Å². The molecule has 0 fully saturated rings. The Bertz CT molecular complexity index is 473. The predicted octanol–water partition coefficient (Wildman–Crippen LogP) is 0.416. The smallest absolute Gasteiger partial charge is 0.325 e. The minimum Gasteiger partial charge on any atom is -0.485 e. The van der Waals surface area contributed by atoms with Gasteiger partial charge in [0.25, 0.3) is 5.91 Å². The van der Waals surface area contributed by atoms with Gasteiger partial charge in [-0.05, 0) is 19.1 Å². The molecular weight excluding hydrogens is 238 g/mol. The number of nitrogens with one attached hydrogen (secondary N) is 1. The maximum absolute atomic E-state index is 11.7. The zero-order valence-electron chi connectivity index (χ0n) is 9.75. The Morgan fingerprint density at radius 3 is 2.72 bits per heavy atom. The molecule has 0 bridgehead atoms. The molecule has 96 valence electrons. The van der Waals surface area contributed by atoms with Gasteiger partial charge in [-0.2, -0.15) is 0 Å². The first kappa shape index (κ1) is 12.2. The molecule has 1 aliphatic rings. The molecular formula is C12H13NO5. The molecule has 1 heterocycles. The van der Waals surface area contributed by atoms with Crippen molar-refractivity contribution in [2.75, 3.05) is 6.61 Å². The molecule has 0 spiro atoms. The number of aliphatic carboxylic acids is 1. The fraction of sp³-hybridized carbons (Fsp3) is 0.333. The number of carboxylic acid groups (broad SMARTS) is 1. The fourth-order valence-corrected chi connectivity index (χ4v) is 1.52. The number of rotatable bonds is 3. The summed E-state index contributed by atoms with van der Waals surface area (Å²) in [6.07, 6.45) is -0.832. The van der Waals surface area contributed by atoms with E-state index in [1.54, 1.807) is 24.3 Å². The average molecular weight is 251 g/mol. The normalized spacial score (nSPS) is 18.8. The van der Waals surface area contributed by atoms with Crippen LogP contribution in [0, 0.1) is 0 Å². The quantitative estimate of drug-likeness (QED) is 0.813. The highest BCUT2D eigenvalue weighted by atomic mass is 16.6. The summed E-state index contributed by atoms with van der Waals surface area (Å²) in [7, 11) is 0. The number of ether oxygens (including phenoxy) is 2. The van der Waals surface area contributed by atoms with Crippen LogP contribution in [0.25, 0.3) is 0 Å². The lowest BCUT2D eigenvalue weighted by atomic mass is 10.2. The number of hydrogen-bond acceptors (Lipinski definition) is 4. The molecule has 1 aromatic rings. The molecule has 1 amide bonds. The minimum atomic E-state index is -1.10. The molecule has 0 saturated carbocycles. The van der Waals surface area contributed by atoms with Crippen molar-refractivity contribution >= 4 is 11.9 Å². The van der Waals surface area contributed by atoms with Gasteiger partial charge in [-0.1, -0.05) is 12.1 Å². The van der Waals surface area contributed by atoms with Crippen LogP contribution in [0.3, 0.4) is 0 Å². The number of para-hydroxylation sites is 2. The predicted molar refractivity (Wildman–Crippen MR) is 61.6 cm³/mol. The third-order valence-corrected chi connectivity index (χ3v) is 2.53. The van der Waals surface area contributed by atoms with E-state index < -0.39 is 24.0 Å². The standard InChI is InChI=1S/C12H13NO5/c1-7(12(15)16)13-11(14)10-6-17-8-4-2-3-5-9(8)18-10/h2-5,7,10H,6H2,1H3,(H,13,14)(H,15,16)/t7-,10-/m1/s1. The van der Waals surface area contributed by atoms with E-state index in [4.69, 9.17) is 14.6 Å². The third kappa shape index (κ3) is 2.53. The lowest BCUT2D eigenvalue weighted by molar-refractivity contribution is -0.143. The van der Waals surface area contributed by atoms with Crippen LogP contribution >= 0.6 is 0 Å². The van der Waals surface area contributed by atoms with Crippen molar-refractivity contribution in [1.82, 2.24) is 5.32 Å². The zero-order valence-corrected chi connectivity index (χ0v) is 9.75. The number of carbonyl (C=O) groups is 2. The molecule has 6 heteroatoms. The van der Waals surface area contributed by atoms with Crippen LogP contribution in [0.1, 0.15) is 6.92 Å². The van der Waals surface area contributed by atoms with Crippen molar-refractivity contribution < 1.29 is 24.2 Å². The van der Waals surface area contributed by atoms with Gasteiger partial charge >= 0.3 is 5.97 Å². The van der Waals surface area contributed by atoms with Crippen LogP contribution in [0.2, 0.25) is 0 Å². The third-order valence-electron chi connectivity index (χ3n) is 2.53. The molecule has 0 aliphatic carbocycles. The Morgan fingerprint density at radius 2 is 2.06 bits per heavy atom. The van der Waals surface area contributed by atoms with E-state index in [1.165, 1.54) is 6.92 Å². The van der Waals surface area contributed by atoms with Crippen molar-refractivity contribution in [2.45, 2.75) is 19.1 Å². The van der Waals surface area contributed by atoms with E-state index in [1.807, 2.05) is 0 Å². The van der Waals surface area contributed by atoms with Crippen molar-refractivity contribution in [3.63, 3.8) is 0 Å². The first-order valence-corrected chi connectivity index (χ1v) is 5.49. The fourth-order valence-electron chi connectivity index (χ4n) is 1.52. The Kier molecular flexibility index (Phi) is 3.36. The van der Waals surface area contributed by atoms with Gasteiger partial charge in [-0.25, -0.2) is 0 Å². The molecule has 2 N–H and O–H groups in total. The summed E-state index contributed by atoms with van der Waals surface area (Å²) in [5, 5.41) is 11.0. The van der Waals surface area contributed by atoms with Crippen LogP contribution in [0.15, 0.2) is 24.3 Å². The second kappa shape index (κ2) is 4.95. The van der Waals surface area contributed by atoms with Gasteiger partial charge in [-0.3, -0.25) is 9.59 Å². The molecule has 18 heavy (non-hydrogen) atoms. The van der Waals surface area contributed by atoms with E-state index >= 15 is 0 Å². The topological polar surface area (TPSA) is 84.9 Å². The lowest BCUT2D eigenvalue weighted by Crippen LogP contribution is -2.49. The van der Waals surface area contributed by atoms with Crippen LogP contribution in [-0.2, 0) is 9.59 Å². The highest BCUT2D eigenvalue weighted by Gasteiger charge is 2.29. The van der Waals surface area contributed by atoms with Crippen LogP contribution in [0.5, 0.6) is 11.5 Å². The van der Waals surface area contributed by atoms with Gasteiger partial charge in [0.15, 0.2) is 11.5 Å². The molecule has 2 atom stereocenters. The second-order valence-corrected chi connectivity index (χ2v) is 3.93. The van der Waals surface area contributed by atoms with Gasteiger partial charge in [-0.15, -0.1) is 0 Å². The van der Waals surface area contributed by atoms with Crippen molar-refractivity contribution in [3.8, 4) is 11.5 Å². The number of amides is 1. The van der Waals surface area contributed by atoms with E-state index in [-0.39, 0.29) is 6.61 Å². The Hall–Kier alpha value is -2.24. The first-order valence-electron chi connectivity index (χ1n) is 5.49. The maximum Gasteiger partial charge on any atom is 0.325 e. The van der Waals surface area contributed by atoms with Crippen molar-refractivity contribution in [2.24, 2.45) is 0 Å². The molecule has 0 radical (unpaired) electrons. The molecule has 1 aromatic carbocycles. The largest absolute Gasteiger partial charge is 0.485 e. The van der Waals surface area contributed by atoms with Crippen LogP contribution in [0.4, 0.5) is 0 Å². The molecule has 0 unspecified atom stereocenters. The number of carbonyl (C=O) groups excluding carboxylic acids is 1. The van der Waals surface area contributed by atoms with E-state index in [0.29, 0.717) is 11.5 Å². The first-order chi connectivity index (χ1) is 8.58. The van der Waals surface area contributed by atoms with E-state index in [9.17, 15) is 9.59 Å². The number of fused-ring (bicyclic) bond motifs is 1. The highest BCUT2D eigenvalue weighted by Crippen LogP contribution is 2.30. The van der Waals surface area contributed by atoms with E-state index in [2.05, 4.69) is 5.32 Å². The number of hydrogen-bond donors (Lipinski definition) is 2. The van der Waals surface area contributed by atoms with Crippen LogP contribution in [-0.4, -0.2) is 35.7 Å². The van der Waals surface area contributed by atoms with Crippen LogP contribution < -0.4 is 14.8 Å². The summed E-state index contributed by atoms with van der Waals surface area (Å²) in [5.41, 5.74) is 0. The summed E-state index contributed by atoms with van der Waals surface area (Å²) < 4.78 is 10.8. The van der Waals surface area contributed by atoms with Crippen molar-refractivity contribution in [1.29, 1.82) is 0 Å². The summed E-state index contributed by atoms with van der Waals surface area (Å²) in [5.74, 6) is -0.542. The molecule has 6 nitrogen and oxygen atoms in total. The number of benzene rings is 1. The lowest BCUT2D eigenvalue weighted by Gasteiger charge is -2.26. The molecule has 0 aromatic heterocycles. The SMILES string of the molecule is C[C@@H](NC(=O)[C@H]1COc2ccccc2O1)C(=O)O. The van der Waals surface area contributed by atoms with Gasteiger partial charge in [0.2, 0.25) is 6.10 Å². The zero-order chi connectivity index (χ0) is 13.1. The summed E-state index contributed by atoms with van der Waals surface area (Å²) in [6, 6.07) is 6.04. The second-order valence-electron chi connectivity index (χ2n) is 3.93. The van der Waals surface area contributed by atoms with Gasteiger partial charge < -0.3 is 19.9 Å². The highest BCUT2D eigenvalue weighted by molar-refractivity contribution is 5.86. The van der Waals surface area contributed by atoms with E-state index in [0.717, 1.165) is 0 Å². The summed E-state index contributed by atoms with van der Waals surface area (Å²) in [6.45, 7) is 1.45. The van der Waals surface area contributed by atoms with Gasteiger partial charge in [0, 0.05) is 0 Å². The molecule has 0 saturated heterocycles. The van der Waals surface area contributed by atoms with Gasteiger partial charge in [0.05, 0.1) is 0 Å². The summed E-state index contributed by atoms with van der Waals surface area (Å²) in [4.78, 5) is 22.4. The maximum atomic E-state index is 11.7. The number of carboxylic acids is 1. The monoisotopic (exact) mass is 251 g/mol.